The van der Waals surface area contributed by atoms with Crippen molar-refractivity contribution >= 4 is 15.9 Å². The van der Waals surface area contributed by atoms with E-state index < -0.39 is 9.84 Å². The molecule has 0 unspecified atom stereocenters. The highest BCUT2D eigenvalue weighted by Crippen LogP contribution is 2.19. The maximum atomic E-state index is 12.3. The Morgan fingerprint density at radius 3 is 2.44 bits per heavy atom. The Bertz CT molecular complexity index is 697. The number of nitrogens with zero attached hydrogens (tertiary/aromatic N) is 2. The minimum atomic E-state index is -2.86. The smallest absolute Gasteiger partial charge is 0.317 e. The second kappa shape index (κ2) is 7.61. The maximum Gasteiger partial charge on any atom is 0.317 e. The zero-order valence-electron chi connectivity index (χ0n) is 14.5. The third-order valence-electron chi connectivity index (χ3n) is 4.93. The molecule has 2 amide bonds. The second-order valence-electron chi connectivity index (χ2n) is 6.59. The van der Waals surface area contributed by atoms with Gasteiger partial charge in [-0.05, 0) is 24.1 Å². The van der Waals surface area contributed by atoms with E-state index >= 15 is 0 Å². The highest BCUT2D eigenvalue weighted by atomic mass is 32.2. The molecule has 0 aliphatic carbocycles. The van der Waals surface area contributed by atoms with E-state index in [0.717, 1.165) is 24.4 Å². The number of urea groups is 1. The number of carbonyl (C=O) groups excluding carboxylic acids is 1. The van der Waals surface area contributed by atoms with Crippen LogP contribution < -0.4 is 10.1 Å². The Balaban J connectivity index is 1.43. The van der Waals surface area contributed by atoms with Gasteiger partial charge in [-0.2, -0.15) is 0 Å². The number of nitrogens with one attached hydrogen (secondary N) is 1. The molecule has 1 N–H and O–H groups in total. The van der Waals surface area contributed by atoms with Crippen molar-refractivity contribution in [3.63, 3.8) is 0 Å². The van der Waals surface area contributed by atoms with E-state index in [0.29, 0.717) is 31.8 Å². The summed E-state index contributed by atoms with van der Waals surface area (Å²) in [4.78, 5) is 16.3. The Labute approximate surface area is 148 Å². The van der Waals surface area contributed by atoms with Crippen LogP contribution >= 0.6 is 0 Å². The minimum absolute atomic E-state index is 0.0745. The lowest BCUT2D eigenvalue weighted by molar-refractivity contribution is 0.115. The number of piperazine rings is 1. The Hall–Kier alpha value is -1.80. The summed E-state index contributed by atoms with van der Waals surface area (Å²) in [5.41, 5.74) is 1.02. The summed E-state index contributed by atoms with van der Waals surface area (Å²) < 4.78 is 28.3. The molecule has 0 saturated carbocycles. The molecule has 2 aliphatic heterocycles. The average Bonchev–Trinajstić information content (AvgIpc) is 3.00. The highest BCUT2D eigenvalue weighted by molar-refractivity contribution is 7.91. The van der Waals surface area contributed by atoms with Gasteiger partial charge in [0.05, 0.1) is 18.6 Å². The van der Waals surface area contributed by atoms with Crippen molar-refractivity contribution in [2.75, 3.05) is 44.8 Å². The van der Waals surface area contributed by atoms with Gasteiger partial charge in [0.25, 0.3) is 0 Å². The first-order chi connectivity index (χ1) is 12.0. The molecule has 3 rings (SSSR count). The van der Waals surface area contributed by atoms with Crippen LogP contribution in [-0.2, 0) is 16.4 Å². The standard InChI is InChI=1S/C17H25N3O4S/c1-24-16-4-2-14(3-5-16)12-18-17(21)20-9-7-19(8-10-20)15-6-11-25(22,23)13-15/h2-5,15H,6-13H2,1H3,(H,18,21)/t15-/m0/s1. The van der Waals surface area contributed by atoms with Gasteiger partial charge in [-0.15, -0.1) is 0 Å². The normalized spacial score (nSPS) is 23.4. The molecule has 0 radical (unpaired) electrons. The van der Waals surface area contributed by atoms with Crippen molar-refractivity contribution in [2.24, 2.45) is 0 Å². The monoisotopic (exact) mass is 367 g/mol. The third-order valence-corrected chi connectivity index (χ3v) is 6.68. The molecule has 2 aliphatic rings. The molecule has 0 aromatic heterocycles. The molecule has 25 heavy (non-hydrogen) atoms. The SMILES string of the molecule is COc1ccc(CNC(=O)N2CCN([C@H]3CCS(=O)(=O)C3)CC2)cc1. The van der Waals surface area contributed by atoms with Crippen molar-refractivity contribution < 1.29 is 17.9 Å². The molecule has 8 heteroatoms. The Morgan fingerprint density at radius 2 is 1.88 bits per heavy atom. The molecule has 7 nitrogen and oxygen atoms in total. The first-order valence-electron chi connectivity index (χ1n) is 8.57. The summed E-state index contributed by atoms with van der Waals surface area (Å²) in [5.74, 6) is 1.34. The van der Waals surface area contributed by atoms with Gasteiger partial charge < -0.3 is 15.0 Å². The van der Waals surface area contributed by atoms with Crippen LogP contribution in [0.5, 0.6) is 5.75 Å². The number of hydrogen-bond donors (Lipinski definition) is 1. The van der Waals surface area contributed by atoms with Crippen molar-refractivity contribution in [3.05, 3.63) is 29.8 Å². The van der Waals surface area contributed by atoms with E-state index in [-0.39, 0.29) is 17.8 Å². The molecule has 1 aromatic rings. The molecular weight excluding hydrogens is 342 g/mol. The average molecular weight is 367 g/mol. The van der Waals surface area contributed by atoms with Gasteiger partial charge in [0.2, 0.25) is 0 Å². The molecule has 0 spiro atoms. The van der Waals surface area contributed by atoms with Crippen LogP contribution in [0.1, 0.15) is 12.0 Å². The van der Waals surface area contributed by atoms with Gasteiger partial charge >= 0.3 is 6.03 Å². The van der Waals surface area contributed by atoms with Crippen LogP contribution in [0, 0.1) is 0 Å². The van der Waals surface area contributed by atoms with Crippen molar-refractivity contribution in [1.82, 2.24) is 15.1 Å². The molecule has 1 atom stereocenters. The lowest BCUT2D eigenvalue weighted by Crippen LogP contribution is -2.54. The van der Waals surface area contributed by atoms with Gasteiger partial charge in [-0.25, -0.2) is 13.2 Å². The number of methoxy groups -OCH3 is 1. The van der Waals surface area contributed by atoms with Crippen LogP contribution in [0.2, 0.25) is 0 Å². The van der Waals surface area contributed by atoms with Gasteiger partial charge in [0.15, 0.2) is 9.84 Å². The van der Waals surface area contributed by atoms with E-state index in [4.69, 9.17) is 4.74 Å². The number of sulfone groups is 1. The summed E-state index contributed by atoms with van der Waals surface area (Å²) in [6, 6.07) is 7.64. The molecule has 2 fully saturated rings. The quantitative estimate of drug-likeness (QED) is 0.848. The van der Waals surface area contributed by atoms with Crippen LogP contribution in [0.25, 0.3) is 0 Å². The molecule has 138 valence electrons. The lowest BCUT2D eigenvalue weighted by atomic mass is 10.2. The zero-order chi connectivity index (χ0) is 17.9. The first kappa shape index (κ1) is 18.0. The van der Waals surface area contributed by atoms with E-state index in [1.54, 1.807) is 12.0 Å². The number of benzene rings is 1. The van der Waals surface area contributed by atoms with E-state index in [9.17, 15) is 13.2 Å². The fraction of sp³-hybridized carbons (Fsp3) is 0.588. The van der Waals surface area contributed by atoms with E-state index in [1.807, 2.05) is 24.3 Å². The third kappa shape index (κ3) is 4.64. The Kier molecular flexibility index (Phi) is 5.48. The maximum absolute atomic E-state index is 12.3. The van der Waals surface area contributed by atoms with E-state index in [1.165, 1.54) is 0 Å². The van der Waals surface area contributed by atoms with Crippen molar-refractivity contribution in [1.29, 1.82) is 0 Å². The summed E-state index contributed by atoms with van der Waals surface area (Å²) >= 11 is 0. The van der Waals surface area contributed by atoms with Crippen LogP contribution in [-0.4, -0.2) is 75.1 Å². The topological polar surface area (TPSA) is 79.0 Å². The molecule has 1 aromatic carbocycles. The van der Waals surface area contributed by atoms with Gasteiger partial charge in [-0.3, -0.25) is 4.90 Å². The number of rotatable bonds is 4. The molecular formula is C17H25N3O4S. The number of hydrogen-bond acceptors (Lipinski definition) is 5. The highest BCUT2D eigenvalue weighted by Gasteiger charge is 2.34. The van der Waals surface area contributed by atoms with Gasteiger partial charge in [-0.1, -0.05) is 12.1 Å². The first-order valence-corrected chi connectivity index (χ1v) is 10.4. The van der Waals surface area contributed by atoms with Crippen LogP contribution in [0.15, 0.2) is 24.3 Å². The van der Waals surface area contributed by atoms with E-state index in [2.05, 4.69) is 10.2 Å². The minimum Gasteiger partial charge on any atom is -0.497 e. The largest absolute Gasteiger partial charge is 0.497 e. The predicted molar refractivity (Wildman–Crippen MR) is 95.4 cm³/mol. The summed E-state index contributed by atoms with van der Waals surface area (Å²) in [7, 11) is -1.24. The zero-order valence-corrected chi connectivity index (χ0v) is 15.3. The summed E-state index contributed by atoms with van der Waals surface area (Å²) in [6.07, 6.45) is 0.714. The van der Waals surface area contributed by atoms with Crippen molar-refractivity contribution in [3.8, 4) is 5.75 Å². The predicted octanol–water partition coefficient (Wildman–Crippen LogP) is 0.710. The lowest BCUT2D eigenvalue weighted by Gasteiger charge is -2.37. The molecule has 0 bridgehead atoms. The van der Waals surface area contributed by atoms with Crippen LogP contribution in [0.4, 0.5) is 4.79 Å². The van der Waals surface area contributed by atoms with Gasteiger partial charge in [0, 0.05) is 38.8 Å². The fourth-order valence-corrected chi connectivity index (χ4v) is 5.15. The molecule has 2 heterocycles. The van der Waals surface area contributed by atoms with Crippen LogP contribution in [0.3, 0.4) is 0 Å². The van der Waals surface area contributed by atoms with Gasteiger partial charge in [0.1, 0.15) is 5.75 Å². The number of carbonyl (C=O) groups is 1. The second-order valence-corrected chi connectivity index (χ2v) is 8.82. The Morgan fingerprint density at radius 1 is 1.20 bits per heavy atom. The summed E-state index contributed by atoms with van der Waals surface area (Å²) in [5, 5.41) is 2.94. The number of ether oxygens (including phenoxy) is 1. The van der Waals surface area contributed by atoms with Crippen molar-refractivity contribution in [2.45, 2.75) is 19.0 Å². The summed E-state index contributed by atoms with van der Waals surface area (Å²) in [6.45, 7) is 3.20. The number of amides is 2. The fourth-order valence-electron chi connectivity index (χ4n) is 3.39. The molecule has 2 saturated heterocycles.